The number of carbonyl (C=O) groups is 1. The first-order valence-electron chi connectivity index (χ1n) is 11.0. The van der Waals surface area contributed by atoms with Crippen LogP contribution in [0.4, 0.5) is 5.69 Å². The van der Waals surface area contributed by atoms with E-state index in [1.165, 1.54) is 10.9 Å². The number of nitrogens with zero attached hydrogens (tertiary/aromatic N) is 2. The molecule has 0 unspecified atom stereocenters. The van der Waals surface area contributed by atoms with E-state index in [9.17, 15) is 4.79 Å². The van der Waals surface area contributed by atoms with Crippen molar-refractivity contribution >= 4 is 56.4 Å². The summed E-state index contributed by atoms with van der Waals surface area (Å²) < 4.78 is 8.28. The molecule has 1 amide bonds. The van der Waals surface area contributed by atoms with Crippen molar-refractivity contribution in [2.75, 3.05) is 5.32 Å². The summed E-state index contributed by atoms with van der Waals surface area (Å²) in [5, 5.41) is 9.72. The van der Waals surface area contributed by atoms with Gasteiger partial charge in [-0.05, 0) is 63.2 Å². The van der Waals surface area contributed by atoms with Crippen molar-refractivity contribution in [2.45, 2.75) is 39.7 Å². The fourth-order valence-electron chi connectivity index (χ4n) is 4.78. The SMILES string of the molecule is CCn1c2ccccc2c2cc(NC(=O)c3oc4c(c3C)/C(=N/NC(N)=S)CCC4)ccc21. The standard InChI is InChI=1S/C25H25N5O2S/c1-3-30-19-9-5-4-7-16(19)17-13-15(11-12-20(17)30)27-24(31)23-14(2)22-18(28-29-25(26)33)8-6-10-21(22)32-23/h4-5,7,9,11-13H,3,6,8,10H2,1-2H3,(H,27,31)(H3,26,29,33)/b28-18+. The Morgan fingerprint density at radius 3 is 2.76 bits per heavy atom. The van der Waals surface area contributed by atoms with Gasteiger partial charge in [-0.1, -0.05) is 18.2 Å². The molecular weight excluding hydrogens is 434 g/mol. The summed E-state index contributed by atoms with van der Waals surface area (Å²) in [6.07, 6.45) is 2.41. The van der Waals surface area contributed by atoms with Crippen molar-refractivity contribution < 1.29 is 9.21 Å². The summed E-state index contributed by atoms with van der Waals surface area (Å²) in [4.78, 5) is 13.2. The minimum Gasteiger partial charge on any atom is -0.455 e. The zero-order valence-corrected chi connectivity index (χ0v) is 19.4. The van der Waals surface area contributed by atoms with Gasteiger partial charge < -0.3 is 20.0 Å². The van der Waals surface area contributed by atoms with E-state index in [0.717, 1.165) is 65.0 Å². The number of fused-ring (bicyclic) bond motifs is 4. The van der Waals surface area contributed by atoms with Crippen LogP contribution in [0.3, 0.4) is 0 Å². The number of hydrogen-bond acceptors (Lipinski definition) is 4. The first-order chi connectivity index (χ1) is 16.0. The van der Waals surface area contributed by atoms with E-state index < -0.39 is 0 Å². The van der Waals surface area contributed by atoms with Crippen LogP contribution < -0.4 is 16.5 Å². The number of nitrogens with one attached hydrogen (secondary N) is 2. The van der Waals surface area contributed by atoms with Gasteiger partial charge in [-0.2, -0.15) is 5.10 Å². The van der Waals surface area contributed by atoms with Gasteiger partial charge in [0.25, 0.3) is 5.91 Å². The summed E-state index contributed by atoms with van der Waals surface area (Å²) in [6, 6.07) is 14.3. The van der Waals surface area contributed by atoms with E-state index >= 15 is 0 Å². The number of aryl methyl sites for hydroxylation is 2. The molecule has 0 saturated carbocycles. The molecule has 168 valence electrons. The summed E-state index contributed by atoms with van der Waals surface area (Å²) in [5.74, 6) is 0.803. The molecule has 0 bridgehead atoms. The van der Waals surface area contributed by atoms with Crippen LogP contribution in [0.2, 0.25) is 0 Å². The zero-order valence-electron chi connectivity index (χ0n) is 18.6. The molecule has 5 rings (SSSR count). The van der Waals surface area contributed by atoms with Crippen molar-refractivity contribution in [3.8, 4) is 0 Å². The quantitative estimate of drug-likeness (QED) is 0.300. The first kappa shape index (κ1) is 21.2. The van der Waals surface area contributed by atoms with Gasteiger partial charge >= 0.3 is 0 Å². The van der Waals surface area contributed by atoms with Crippen LogP contribution in [-0.4, -0.2) is 21.3 Å². The highest BCUT2D eigenvalue weighted by atomic mass is 32.1. The lowest BCUT2D eigenvalue weighted by Gasteiger charge is -2.13. The molecule has 1 aliphatic carbocycles. The Morgan fingerprint density at radius 1 is 1.18 bits per heavy atom. The second-order valence-electron chi connectivity index (χ2n) is 8.19. The number of para-hydroxylation sites is 1. The number of amides is 1. The molecule has 0 fully saturated rings. The highest BCUT2D eigenvalue weighted by molar-refractivity contribution is 7.80. The van der Waals surface area contributed by atoms with Crippen molar-refractivity contribution in [1.82, 2.24) is 9.99 Å². The summed E-state index contributed by atoms with van der Waals surface area (Å²) >= 11 is 4.86. The Labute approximate surface area is 196 Å². The highest BCUT2D eigenvalue weighted by Crippen LogP contribution is 2.33. The Balaban J connectivity index is 1.49. The van der Waals surface area contributed by atoms with Crippen LogP contribution in [0.5, 0.6) is 0 Å². The third kappa shape index (κ3) is 3.66. The second-order valence-corrected chi connectivity index (χ2v) is 8.63. The molecule has 0 atom stereocenters. The molecule has 0 radical (unpaired) electrons. The Bertz CT molecular complexity index is 1450. The largest absolute Gasteiger partial charge is 0.455 e. The molecule has 0 aliphatic heterocycles. The number of benzene rings is 2. The number of aromatic nitrogens is 1. The topological polar surface area (TPSA) is 97.6 Å². The minimum atomic E-state index is -0.276. The molecule has 7 nitrogen and oxygen atoms in total. The number of thiocarbonyl (C=S) groups is 1. The van der Waals surface area contributed by atoms with Crippen LogP contribution >= 0.6 is 12.2 Å². The molecule has 8 heteroatoms. The number of rotatable bonds is 4. The second kappa shape index (κ2) is 8.37. The molecule has 33 heavy (non-hydrogen) atoms. The Hall–Kier alpha value is -3.65. The summed E-state index contributed by atoms with van der Waals surface area (Å²) in [7, 11) is 0. The van der Waals surface area contributed by atoms with E-state index in [1.54, 1.807) is 0 Å². The van der Waals surface area contributed by atoms with Gasteiger partial charge in [0.05, 0.1) is 5.71 Å². The highest BCUT2D eigenvalue weighted by Gasteiger charge is 2.28. The van der Waals surface area contributed by atoms with Crippen molar-refractivity contribution in [2.24, 2.45) is 10.8 Å². The maximum atomic E-state index is 13.2. The predicted octanol–water partition coefficient (Wildman–Crippen LogP) is 4.84. The third-order valence-electron chi connectivity index (χ3n) is 6.18. The van der Waals surface area contributed by atoms with Crippen LogP contribution in [-0.2, 0) is 13.0 Å². The predicted molar refractivity (Wildman–Crippen MR) is 136 cm³/mol. The van der Waals surface area contributed by atoms with Gasteiger partial charge in [0, 0.05) is 51.6 Å². The normalized spacial score (nSPS) is 14.5. The zero-order chi connectivity index (χ0) is 23.1. The fourth-order valence-corrected chi connectivity index (χ4v) is 4.82. The molecule has 1 aliphatic rings. The number of hydrazone groups is 1. The van der Waals surface area contributed by atoms with Gasteiger partial charge in [0.2, 0.25) is 0 Å². The number of carbonyl (C=O) groups excluding carboxylic acids is 1. The molecule has 0 saturated heterocycles. The smallest absolute Gasteiger partial charge is 0.291 e. The van der Waals surface area contributed by atoms with E-state index in [-0.39, 0.29) is 11.0 Å². The number of furan rings is 1. The Kier molecular flexibility index (Phi) is 5.38. The average Bonchev–Trinajstić information content (AvgIpc) is 3.32. The van der Waals surface area contributed by atoms with E-state index in [0.29, 0.717) is 5.76 Å². The maximum Gasteiger partial charge on any atom is 0.291 e. The lowest BCUT2D eigenvalue weighted by Crippen LogP contribution is -2.26. The number of nitrogens with two attached hydrogens (primary N) is 1. The van der Waals surface area contributed by atoms with E-state index in [2.05, 4.69) is 45.5 Å². The fraction of sp³-hybridized carbons (Fsp3) is 0.240. The molecular formula is C25H25N5O2S. The number of hydrogen-bond donors (Lipinski definition) is 3. The van der Waals surface area contributed by atoms with Crippen molar-refractivity contribution in [1.29, 1.82) is 0 Å². The third-order valence-corrected chi connectivity index (χ3v) is 6.27. The molecule has 4 N–H and O–H groups in total. The summed E-state index contributed by atoms with van der Waals surface area (Å²) in [6.45, 7) is 4.90. The van der Waals surface area contributed by atoms with Crippen LogP contribution in [0.1, 0.15) is 47.2 Å². The van der Waals surface area contributed by atoms with Crippen LogP contribution in [0.15, 0.2) is 52.0 Å². The van der Waals surface area contributed by atoms with Gasteiger partial charge in [0.15, 0.2) is 10.9 Å². The van der Waals surface area contributed by atoms with Gasteiger partial charge in [-0.15, -0.1) is 0 Å². The molecule has 2 aromatic heterocycles. The van der Waals surface area contributed by atoms with Gasteiger partial charge in [0.1, 0.15) is 5.76 Å². The average molecular weight is 460 g/mol. The van der Waals surface area contributed by atoms with E-state index in [4.69, 9.17) is 22.4 Å². The van der Waals surface area contributed by atoms with Gasteiger partial charge in [-0.3, -0.25) is 10.2 Å². The van der Waals surface area contributed by atoms with Crippen molar-refractivity contribution in [3.63, 3.8) is 0 Å². The number of anilines is 1. The first-order valence-corrected chi connectivity index (χ1v) is 11.5. The van der Waals surface area contributed by atoms with Crippen LogP contribution in [0.25, 0.3) is 21.8 Å². The van der Waals surface area contributed by atoms with Gasteiger partial charge in [-0.25, -0.2) is 0 Å². The summed E-state index contributed by atoms with van der Waals surface area (Å²) in [5.41, 5.74) is 13.7. The monoisotopic (exact) mass is 459 g/mol. The lowest BCUT2D eigenvalue weighted by atomic mass is 9.93. The minimum absolute atomic E-state index is 0.105. The molecule has 2 heterocycles. The van der Waals surface area contributed by atoms with Crippen LogP contribution in [0, 0.1) is 6.92 Å². The molecule has 0 spiro atoms. The van der Waals surface area contributed by atoms with E-state index in [1.807, 2.05) is 31.2 Å². The maximum absolute atomic E-state index is 13.2. The Morgan fingerprint density at radius 2 is 1.97 bits per heavy atom. The molecule has 2 aromatic carbocycles. The molecule has 4 aromatic rings. The lowest BCUT2D eigenvalue weighted by molar-refractivity contribution is 0.0994. The van der Waals surface area contributed by atoms with Crippen molar-refractivity contribution in [3.05, 3.63) is 65.1 Å².